The Bertz CT molecular complexity index is 1050. The molecule has 0 aliphatic carbocycles. The number of hydrogen-bond acceptors (Lipinski definition) is 7. The number of halogens is 2. The third-order valence-corrected chi connectivity index (χ3v) is 4.69. The van der Waals surface area contributed by atoms with Crippen LogP contribution in [0.15, 0.2) is 47.1 Å². The summed E-state index contributed by atoms with van der Waals surface area (Å²) in [7, 11) is 1.46. The molecule has 9 heteroatoms. The Hall–Kier alpha value is -2.95. The second-order valence-corrected chi connectivity index (χ2v) is 7.14. The number of rotatable bonds is 7. The molecule has 0 bridgehead atoms. The molecular formula is C21H17FINO6. The van der Waals surface area contributed by atoms with E-state index in [9.17, 15) is 14.0 Å². The van der Waals surface area contributed by atoms with E-state index in [0.29, 0.717) is 26.2 Å². The van der Waals surface area contributed by atoms with Crippen molar-refractivity contribution >= 4 is 46.5 Å². The zero-order chi connectivity index (χ0) is 21.7. The molecule has 0 aromatic heterocycles. The van der Waals surface area contributed by atoms with Crippen molar-refractivity contribution in [3.63, 3.8) is 0 Å². The Labute approximate surface area is 185 Å². The number of carbonyl (C=O) groups excluding carboxylic acids is 2. The lowest BCUT2D eigenvalue weighted by atomic mass is 10.1. The first-order valence-corrected chi connectivity index (χ1v) is 9.93. The zero-order valence-electron chi connectivity index (χ0n) is 16.1. The van der Waals surface area contributed by atoms with Gasteiger partial charge in [0.05, 0.1) is 17.3 Å². The maximum Gasteiger partial charge on any atom is 0.363 e. The lowest BCUT2D eigenvalue weighted by Gasteiger charge is -2.13. The summed E-state index contributed by atoms with van der Waals surface area (Å²) in [6, 6.07) is 9.00. The number of cyclic esters (lactones) is 1. The van der Waals surface area contributed by atoms with Crippen molar-refractivity contribution in [1.82, 2.24) is 0 Å². The molecule has 0 atom stereocenters. The van der Waals surface area contributed by atoms with Crippen LogP contribution in [0.2, 0.25) is 0 Å². The van der Waals surface area contributed by atoms with Crippen LogP contribution in [0.5, 0.6) is 11.5 Å². The number of esters is 2. The molecule has 0 amide bonds. The third kappa shape index (κ3) is 5.15. The van der Waals surface area contributed by atoms with E-state index >= 15 is 0 Å². The Morgan fingerprint density at radius 2 is 2.10 bits per heavy atom. The van der Waals surface area contributed by atoms with Gasteiger partial charge >= 0.3 is 11.9 Å². The standard InChI is InChI=1S/C21H17FINO6/c1-3-28-18(25)11-29-19-15(23)7-12(9-17(19)27-2)8-16-21(26)30-20(24-16)13-5-4-6-14(22)10-13/h4-10H,3,11H2,1-2H3/b16-8-. The van der Waals surface area contributed by atoms with Crippen molar-refractivity contribution in [2.24, 2.45) is 4.99 Å². The lowest BCUT2D eigenvalue weighted by molar-refractivity contribution is -0.145. The van der Waals surface area contributed by atoms with Crippen LogP contribution < -0.4 is 9.47 Å². The number of hydrogen-bond donors (Lipinski definition) is 0. The van der Waals surface area contributed by atoms with E-state index in [1.54, 1.807) is 25.1 Å². The van der Waals surface area contributed by atoms with E-state index in [1.807, 2.05) is 22.6 Å². The topological polar surface area (TPSA) is 83.4 Å². The summed E-state index contributed by atoms with van der Waals surface area (Å²) in [5.41, 5.74) is 1.03. The Balaban J connectivity index is 1.87. The molecule has 1 heterocycles. The maximum atomic E-state index is 13.4. The van der Waals surface area contributed by atoms with E-state index in [1.165, 1.54) is 31.4 Å². The number of ether oxygens (including phenoxy) is 4. The van der Waals surface area contributed by atoms with Gasteiger partial charge in [-0.15, -0.1) is 0 Å². The van der Waals surface area contributed by atoms with Crippen LogP contribution in [0.1, 0.15) is 18.1 Å². The Kier molecular flexibility index (Phi) is 7.03. The van der Waals surface area contributed by atoms with E-state index in [4.69, 9.17) is 18.9 Å². The third-order valence-electron chi connectivity index (χ3n) is 3.89. The van der Waals surface area contributed by atoms with Gasteiger partial charge in [-0.25, -0.2) is 19.0 Å². The average Bonchev–Trinajstić information content (AvgIpc) is 3.07. The highest BCUT2D eigenvalue weighted by molar-refractivity contribution is 14.1. The normalized spacial score (nSPS) is 14.3. The molecule has 0 radical (unpaired) electrons. The first-order chi connectivity index (χ1) is 14.4. The molecule has 0 spiro atoms. The molecule has 2 aromatic carbocycles. The largest absolute Gasteiger partial charge is 0.493 e. The van der Waals surface area contributed by atoms with Gasteiger partial charge in [0.15, 0.2) is 23.8 Å². The van der Waals surface area contributed by atoms with Gasteiger partial charge in [0.25, 0.3) is 0 Å². The molecule has 3 rings (SSSR count). The highest BCUT2D eigenvalue weighted by Crippen LogP contribution is 2.35. The molecular weight excluding hydrogens is 508 g/mol. The number of carbonyl (C=O) groups is 2. The van der Waals surface area contributed by atoms with Crippen LogP contribution in [-0.2, 0) is 19.1 Å². The predicted molar refractivity (Wildman–Crippen MR) is 115 cm³/mol. The summed E-state index contributed by atoms with van der Waals surface area (Å²) in [6.07, 6.45) is 1.52. The van der Waals surface area contributed by atoms with Crippen molar-refractivity contribution in [1.29, 1.82) is 0 Å². The minimum absolute atomic E-state index is 0.0294. The van der Waals surface area contributed by atoms with Gasteiger partial charge in [-0.3, -0.25) is 0 Å². The maximum absolute atomic E-state index is 13.4. The van der Waals surface area contributed by atoms with Gasteiger partial charge in [-0.1, -0.05) is 6.07 Å². The summed E-state index contributed by atoms with van der Waals surface area (Å²) in [4.78, 5) is 27.9. The monoisotopic (exact) mass is 525 g/mol. The van der Waals surface area contributed by atoms with Gasteiger partial charge in [0, 0.05) is 5.56 Å². The number of nitrogens with zero attached hydrogens (tertiary/aromatic N) is 1. The first-order valence-electron chi connectivity index (χ1n) is 8.85. The SMILES string of the molecule is CCOC(=O)COc1c(I)cc(/C=C2\N=C(c3cccc(F)c3)OC2=O)cc1OC. The quantitative estimate of drug-likeness (QED) is 0.312. The number of aliphatic imine (C=N–C) groups is 1. The van der Waals surface area contributed by atoms with Crippen LogP contribution in [-0.4, -0.2) is 38.2 Å². The fourth-order valence-electron chi connectivity index (χ4n) is 2.61. The highest BCUT2D eigenvalue weighted by Gasteiger charge is 2.25. The summed E-state index contributed by atoms with van der Waals surface area (Å²) < 4.78 is 34.9. The minimum Gasteiger partial charge on any atom is -0.493 e. The van der Waals surface area contributed by atoms with Crippen molar-refractivity contribution in [3.8, 4) is 11.5 Å². The smallest absolute Gasteiger partial charge is 0.363 e. The van der Waals surface area contributed by atoms with Gasteiger partial charge in [-0.2, -0.15) is 0 Å². The summed E-state index contributed by atoms with van der Waals surface area (Å²) in [5.74, 6) is -0.812. The van der Waals surface area contributed by atoms with Gasteiger partial charge in [0.2, 0.25) is 5.90 Å². The summed E-state index contributed by atoms with van der Waals surface area (Å²) >= 11 is 2.03. The molecule has 30 heavy (non-hydrogen) atoms. The Morgan fingerprint density at radius 3 is 2.80 bits per heavy atom. The van der Waals surface area contributed by atoms with Crippen LogP contribution in [0, 0.1) is 9.39 Å². The van der Waals surface area contributed by atoms with Crippen molar-refractivity contribution < 1.29 is 32.9 Å². The molecule has 0 fully saturated rings. The fourth-order valence-corrected chi connectivity index (χ4v) is 3.39. The van der Waals surface area contributed by atoms with E-state index in [-0.39, 0.29) is 24.8 Å². The van der Waals surface area contributed by atoms with Crippen molar-refractivity contribution in [2.75, 3.05) is 20.3 Å². The van der Waals surface area contributed by atoms with Crippen molar-refractivity contribution in [3.05, 3.63) is 62.6 Å². The second-order valence-electron chi connectivity index (χ2n) is 5.97. The highest BCUT2D eigenvalue weighted by atomic mass is 127. The number of methoxy groups -OCH3 is 1. The summed E-state index contributed by atoms with van der Waals surface area (Å²) in [5, 5.41) is 0. The second kappa shape index (κ2) is 9.70. The zero-order valence-corrected chi connectivity index (χ0v) is 18.3. The molecule has 1 aliphatic rings. The van der Waals surface area contributed by atoms with Gasteiger partial charge < -0.3 is 18.9 Å². The first kappa shape index (κ1) is 21.8. The van der Waals surface area contributed by atoms with Gasteiger partial charge in [0.1, 0.15) is 5.82 Å². The molecule has 1 aliphatic heterocycles. The summed E-state index contributed by atoms with van der Waals surface area (Å²) in [6.45, 7) is 1.71. The van der Waals surface area contributed by atoms with E-state index < -0.39 is 17.8 Å². The van der Waals surface area contributed by atoms with Crippen LogP contribution >= 0.6 is 22.6 Å². The molecule has 2 aromatic rings. The van der Waals surface area contributed by atoms with Crippen LogP contribution in [0.25, 0.3) is 6.08 Å². The molecule has 0 unspecified atom stereocenters. The van der Waals surface area contributed by atoms with E-state index in [0.717, 1.165) is 0 Å². The molecule has 7 nitrogen and oxygen atoms in total. The average molecular weight is 525 g/mol. The molecule has 0 saturated heterocycles. The minimum atomic E-state index is -0.647. The molecule has 0 N–H and O–H groups in total. The molecule has 0 saturated carbocycles. The van der Waals surface area contributed by atoms with E-state index in [2.05, 4.69) is 4.99 Å². The fraction of sp³-hybridized carbons (Fsp3) is 0.190. The lowest BCUT2D eigenvalue weighted by Crippen LogP contribution is -2.15. The van der Waals surface area contributed by atoms with Gasteiger partial charge in [-0.05, 0) is 71.5 Å². The van der Waals surface area contributed by atoms with Crippen LogP contribution in [0.4, 0.5) is 4.39 Å². The van der Waals surface area contributed by atoms with Crippen LogP contribution in [0.3, 0.4) is 0 Å². The molecule has 156 valence electrons. The Morgan fingerprint density at radius 1 is 1.30 bits per heavy atom. The number of benzene rings is 2. The van der Waals surface area contributed by atoms with Crippen molar-refractivity contribution in [2.45, 2.75) is 6.92 Å². The predicted octanol–water partition coefficient (Wildman–Crippen LogP) is 3.73.